The molecule has 4 N–H and O–H groups in total. The Morgan fingerprint density at radius 3 is 2.40 bits per heavy atom. The SMILES string of the molecule is COC(=O)O[C@@H](C)N1CC[C@@H](C[C@H](NOC(=O)[C@@](CC(C)C)(NC(=O)c2cc3c(OC)cccc3[nH]2)OC(=O)OC)C(=O)CO)C1=O. The van der Waals surface area contributed by atoms with E-state index in [9.17, 15) is 33.9 Å². The van der Waals surface area contributed by atoms with Gasteiger partial charge in [0.05, 0.1) is 21.3 Å². The van der Waals surface area contributed by atoms with E-state index in [1.54, 1.807) is 32.0 Å². The molecule has 1 aromatic carbocycles. The first-order valence-electron chi connectivity index (χ1n) is 14.7. The molecular formula is C30H40N4O13. The van der Waals surface area contributed by atoms with Crippen LogP contribution in [0.4, 0.5) is 9.59 Å². The molecule has 17 nitrogen and oxygen atoms in total. The number of fused-ring (bicyclic) bond motifs is 1. The molecule has 0 spiro atoms. The molecule has 2 heterocycles. The molecule has 17 heteroatoms. The molecule has 258 valence electrons. The fourth-order valence-corrected chi connectivity index (χ4v) is 5.17. The molecule has 2 aromatic rings. The number of aliphatic hydroxyl groups excluding tert-OH is 1. The molecule has 1 fully saturated rings. The monoisotopic (exact) mass is 664 g/mol. The van der Waals surface area contributed by atoms with Crippen LogP contribution >= 0.6 is 0 Å². The first-order valence-corrected chi connectivity index (χ1v) is 14.7. The third-order valence-electron chi connectivity index (χ3n) is 7.44. The van der Waals surface area contributed by atoms with Gasteiger partial charge in [0.1, 0.15) is 24.1 Å². The number of methoxy groups -OCH3 is 3. The molecular weight excluding hydrogens is 624 g/mol. The van der Waals surface area contributed by atoms with Crippen molar-refractivity contribution in [1.29, 1.82) is 0 Å². The van der Waals surface area contributed by atoms with Crippen molar-refractivity contribution < 1.29 is 62.4 Å². The van der Waals surface area contributed by atoms with Crippen LogP contribution in [0.3, 0.4) is 0 Å². The largest absolute Gasteiger partial charge is 0.510 e. The molecule has 1 aromatic heterocycles. The maximum atomic E-state index is 13.7. The number of hydroxylamine groups is 1. The Morgan fingerprint density at radius 2 is 1.79 bits per heavy atom. The van der Waals surface area contributed by atoms with Crippen LogP contribution in [0, 0.1) is 11.8 Å². The molecule has 0 radical (unpaired) electrons. The highest BCUT2D eigenvalue weighted by Gasteiger charge is 2.48. The predicted molar refractivity (Wildman–Crippen MR) is 160 cm³/mol. The lowest BCUT2D eigenvalue weighted by Gasteiger charge is -2.32. The van der Waals surface area contributed by atoms with Crippen LogP contribution in [-0.4, -0.2) is 103 Å². The highest BCUT2D eigenvalue weighted by atomic mass is 16.8. The molecule has 47 heavy (non-hydrogen) atoms. The molecule has 0 aliphatic carbocycles. The van der Waals surface area contributed by atoms with Crippen LogP contribution < -0.4 is 15.5 Å². The number of carbonyl (C=O) groups excluding carboxylic acids is 6. The van der Waals surface area contributed by atoms with E-state index in [1.165, 1.54) is 25.0 Å². The van der Waals surface area contributed by atoms with Crippen LogP contribution in [-0.2, 0) is 38.2 Å². The Morgan fingerprint density at radius 1 is 1.09 bits per heavy atom. The Kier molecular flexibility index (Phi) is 12.5. The Balaban J connectivity index is 1.84. The van der Waals surface area contributed by atoms with Crippen LogP contribution in [0.1, 0.15) is 50.5 Å². The van der Waals surface area contributed by atoms with Crippen molar-refractivity contribution in [1.82, 2.24) is 20.7 Å². The molecule has 4 atom stereocenters. The first kappa shape index (κ1) is 36.6. The third-order valence-corrected chi connectivity index (χ3v) is 7.44. The second kappa shape index (κ2) is 16.1. The van der Waals surface area contributed by atoms with E-state index in [-0.39, 0.29) is 37.4 Å². The van der Waals surface area contributed by atoms with Gasteiger partial charge in [0.15, 0.2) is 12.0 Å². The maximum Gasteiger partial charge on any atom is 0.510 e. The summed E-state index contributed by atoms with van der Waals surface area (Å²) in [6.07, 6.45) is -3.50. The number of aromatic amines is 1. The van der Waals surface area contributed by atoms with Gasteiger partial charge in [-0.05, 0) is 43.9 Å². The van der Waals surface area contributed by atoms with Gasteiger partial charge in [-0.1, -0.05) is 19.9 Å². The molecule has 0 saturated carbocycles. The smallest absolute Gasteiger partial charge is 0.496 e. The van der Waals surface area contributed by atoms with E-state index in [0.717, 1.165) is 14.2 Å². The van der Waals surface area contributed by atoms with Crippen molar-refractivity contribution in [3.8, 4) is 5.75 Å². The molecule has 1 saturated heterocycles. The van der Waals surface area contributed by atoms with Gasteiger partial charge >= 0.3 is 18.3 Å². The summed E-state index contributed by atoms with van der Waals surface area (Å²) >= 11 is 0. The van der Waals surface area contributed by atoms with Gasteiger partial charge in [-0.3, -0.25) is 14.4 Å². The summed E-state index contributed by atoms with van der Waals surface area (Å²) in [7, 11) is 3.60. The zero-order valence-electron chi connectivity index (χ0n) is 26.9. The number of aliphatic hydroxyl groups is 1. The zero-order valence-corrected chi connectivity index (χ0v) is 26.9. The van der Waals surface area contributed by atoms with E-state index < -0.39 is 66.4 Å². The van der Waals surface area contributed by atoms with Gasteiger partial charge in [-0.25, -0.2) is 14.4 Å². The van der Waals surface area contributed by atoms with Gasteiger partial charge < -0.3 is 48.8 Å². The summed E-state index contributed by atoms with van der Waals surface area (Å²) in [6.45, 7) is 4.09. The van der Waals surface area contributed by atoms with E-state index >= 15 is 0 Å². The van der Waals surface area contributed by atoms with Crippen molar-refractivity contribution >= 4 is 46.8 Å². The van der Waals surface area contributed by atoms with Gasteiger partial charge in [-0.2, -0.15) is 0 Å². The number of aromatic nitrogens is 1. The Hall–Kier alpha value is -4.90. The number of ketones is 1. The lowest BCUT2D eigenvalue weighted by Crippen LogP contribution is -2.60. The van der Waals surface area contributed by atoms with E-state index in [4.69, 9.17) is 19.0 Å². The van der Waals surface area contributed by atoms with Gasteiger partial charge in [0.2, 0.25) is 5.91 Å². The first-order chi connectivity index (χ1) is 22.3. The number of likely N-dealkylation sites (tertiary alicyclic amines) is 1. The summed E-state index contributed by atoms with van der Waals surface area (Å²) in [6, 6.07) is 5.21. The van der Waals surface area contributed by atoms with Gasteiger partial charge in [0, 0.05) is 29.8 Å². The number of hydrogen-bond donors (Lipinski definition) is 4. The quantitative estimate of drug-likeness (QED) is 0.0923. The lowest BCUT2D eigenvalue weighted by atomic mass is 9.96. The van der Waals surface area contributed by atoms with Crippen molar-refractivity contribution in [3.63, 3.8) is 0 Å². The number of ether oxygens (including phenoxy) is 5. The van der Waals surface area contributed by atoms with Crippen molar-refractivity contribution in [3.05, 3.63) is 30.0 Å². The fourth-order valence-electron chi connectivity index (χ4n) is 5.17. The minimum atomic E-state index is -2.46. The molecule has 1 aliphatic rings. The Bertz CT molecular complexity index is 1470. The average molecular weight is 665 g/mol. The average Bonchev–Trinajstić information content (AvgIpc) is 3.65. The van der Waals surface area contributed by atoms with Gasteiger partial charge in [-0.15, -0.1) is 5.48 Å². The van der Waals surface area contributed by atoms with E-state index in [0.29, 0.717) is 16.7 Å². The number of benzene rings is 1. The number of nitrogens with zero attached hydrogens (tertiary/aromatic N) is 1. The summed E-state index contributed by atoms with van der Waals surface area (Å²) in [4.78, 5) is 86.2. The molecule has 2 amide bonds. The van der Waals surface area contributed by atoms with Crippen LogP contribution in [0.5, 0.6) is 5.75 Å². The molecule has 3 rings (SSSR count). The predicted octanol–water partition coefficient (Wildman–Crippen LogP) is 1.78. The van der Waals surface area contributed by atoms with Crippen molar-refractivity contribution in [2.75, 3.05) is 34.5 Å². The second-order valence-electron chi connectivity index (χ2n) is 11.1. The number of carbonyl (C=O) groups is 6. The van der Waals surface area contributed by atoms with Crippen molar-refractivity contribution in [2.24, 2.45) is 11.8 Å². The second-order valence-corrected chi connectivity index (χ2v) is 11.1. The van der Waals surface area contributed by atoms with Crippen molar-refractivity contribution in [2.45, 2.75) is 58.0 Å². The zero-order chi connectivity index (χ0) is 34.9. The lowest BCUT2D eigenvalue weighted by molar-refractivity contribution is -0.183. The molecule has 0 bridgehead atoms. The standard InChI is InChI=1S/C30H40N4O13/c1-16(2)14-30(46-29(41)44-6,32-25(37)22-13-19-20(31-22)8-7-9-24(19)42-4)27(39)47-33-21(23(36)15-35)12-18-10-11-34(26(18)38)17(3)45-28(40)43-5/h7-9,13,16-18,21,31,33,35H,10-12,14-15H2,1-6H3,(H,32,37)/t17-,18-,21-,30-/m0/s1. The number of rotatable bonds is 15. The van der Waals surface area contributed by atoms with Gasteiger partial charge in [0.25, 0.3) is 11.6 Å². The van der Waals surface area contributed by atoms with E-state index in [2.05, 4.69) is 25.3 Å². The summed E-state index contributed by atoms with van der Waals surface area (Å²) in [5.41, 5.74) is 0.371. The number of hydrogen-bond acceptors (Lipinski definition) is 14. The summed E-state index contributed by atoms with van der Waals surface area (Å²) in [5.74, 6) is -4.12. The highest BCUT2D eigenvalue weighted by molar-refractivity contribution is 6.02. The normalized spacial score (nSPS) is 17.0. The van der Waals surface area contributed by atoms with E-state index in [1.807, 2.05) is 0 Å². The van der Waals surface area contributed by atoms with Crippen LogP contribution in [0.15, 0.2) is 24.3 Å². The minimum Gasteiger partial charge on any atom is -0.496 e. The fraction of sp³-hybridized carbons (Fsp3) is 0.533. The van der Waals surface area contributed by atoms with Crippen LogP contribution in [0.2, 0.25) is 0 Å². The third kappa shape index (κ3) is 8.88. The van der Waals surface area contributed by atoms with Crippen LogP contribution in [0.25, 0.3) is 10.9 Å². The Labute approximate surface area is 270 Å². The molecule has 1 aliphatic heterocycles. The highest BCUT2D eigenvalue weighted by Crippen LogP contribution is 2.28. The number of amides is 2. The number of Topliss-reactive ketones (excluding diaryl/α,β-unsaturated/α-hetero) is 1. The number of H-pyrrole nitrogens is 1. The summed E-state index contributed by atoms with van der Waals surface area (Å²) in [5, 5.41) is 12.6. The minimum absolute atomic E-state index is 0.00472. The summed E-state index contributed by atoms with van der Waals surface area (Å²) < 4.78 is 24.8. The number of nitrogens with one attached hydrogen (secondary N) is 3. The molecule has 0 unspecified atom stereocenters. The maximum absolute atomic E-state index is 13.7. The topological polar surface area (TPSA) is 221 Å².